The van der Waals surface area contributed by atoms with Crippen molar-refractivity contribution in [2.24, 2.45) is 0 Å². The summed E-state index contributed by atoms with van der Waals surface area (Å²) >= 11 is 0. The Balaban J connectivity index is 1.57. The maximum Gasteiger partial charge on any atom is 0.393 e. The lowest BCUT2D eigenvalue weighted by atomic mass is 10.0. The molecule has 0 unspecified atom stereocenters. The van der Waals surface area contributed by atoms with Crippen LogP contribution in [0.4, 0.5) is 23.4 Å². The van der Waals surface area contributed by atoms with Crippen molar-refractivity contribution in [3.8, 4) is 11.8 Å². The average Bonchev–Trinajstić information content (AvgIpc) is 3.39. The van der Waals surface area contributed by atoms with Crippen molar-refractivity contribution < 1.29 is 22.4 Å². The number of likely N-dealkylation sites (tertiary alicyclic amines) is 1. The number of piperidine rings is 1. The molecule has 1 saturated heterocycles. The molecule has 4 heterocycles. The van der Waals surface area contributed by atoms with Gasteiger partial charge < -0.3 is 15.5 Å². The van der Waals surface area contributed by atoms with E-state index in [4.69, 9.17) is 0 Å². The second-order valence-electron chi connectivity index (χ2n) is 10.9. The number of pyridine rings is 1. The molecule has 3 aromatic rings. The van der Waals surface area contributed by atoms with Gasteiger partial charge in [0.1, 0.15) is 17.7 Å². The van der Waals surface area contributed by atoms with Gasteiger partial charge in [-0.15, -0.1) is 0 Å². The zero-order valence-corrected chi connectivity index (χ0v) is 22.7. The number of halogens is 4. The lowest BCUT2D eigenvalue weighted by Crippen LogP contribution is -2.46. The Morgan fingerprint density at radius 3 is 2.59 bits per heavy atom. The first-order chi connectivity index (χ1) is 18.2. The first-order valence-corrected chi connectivity index (χ1v) is 12.7. The minimum absolute atomic E-state index is 0.0484. The Bertz CT molecular complexity index is 1410. The number of alkyl halides is 4. The topological polar surface area (TPSA) is 79.5 Å². The number of aryl methyl sites for hydroxylation is 1. The summed E-state index contributed by atoms with van der Waals surface area (Å²) in [5, 5.41) is 14.5. The zero-order valence-electron chi connectivity index (χ0n) is 22.7. The van der Waals surface area contributed by atoms with Gasteiger partial charge in [0.05, 0.1) is 41.3 Å². The van der Waals surface area contributed by atoms with Crippen LogP contribution in [-0.4, -0.2) is 75.3 Å². The molecule has 2 N–H and O–H groups in total. The molecule has 3 aromatic heterocycles. The molecule has 0 saturated carbocycles. The molecule has 39 heavy (non-hydrogen) atoms. The Hall–Kier alpha value is -3.59. The van der Waals surface area contributed by atoms with Gasteiger partial charge in [0, 0.05) is 24.8 Å². The SMILES string of the molecule is Cc1nn(C(C)(C)C)cc1C(=O)NCC#Cc1nn2c(N[C@@H]3CCN(C)C[C@@H]3F)cccc2c1CC(F)(F)F. The van der Waals surface area contributed by atoms with Gasteiger partial charge in [-0.1, -0.05) is 12.0 Å². The number of aromatic nitrogens is 4. The van der Waals surface area contributed by atoms with Gasteiger partial charge in [0.15, 0.2) is 0 Å². The molecule has 0 aromatic carbocycles. The van der Waals surface area contributed by atoms with Crippen LogP contribution in [0.5, 0.6) is 0 Å². The number of hydrogen-bond acceptors (Lipinski definition) is 5. The first kappa shape index (κ1) is 28.4. The minimum atomic E-state index is -4.49. The van der Waals surface area contributed by atoms with E-state index in [0.29, 0.717) is 30.0 Å². The van der Waals surface area contributed by atoms with Crippen LogP contribution in [0.15, 0.2) is 24.4 Å². The second kappa shape index (κ2) is 10.9. The number of hydrogen-bond donors (Lipinski definition) is 2. The predicted molar refractivity (Wildman–Crippen MR) is 141 cm³/mol. The van der Waals surface area contributed by atoms with Crippen LogP contribution < -0.4 is 10.6 Å². The van der Waals surface area contributed by atoms with E-state index >= 15 is 0 Å². The lowest BCUT2D eigenvalue weighted by Gasteiger charge is -2.33. The summed E-state index contributed by atoms with van der Waals surface area (Å²) < 4.78 is 58.1. The molecule has 0 spiro atoms. The van der Waals surface area contributed by atoms with E-state index in [-0.39, 0.29) is 41.3 Å². The fourth-order valence-electron chi connectivity index (χ4n) is 4.49. The van der Waals surface area contributed by atoms with Crippen LogP contribution in [0, 0.1) is 18.8 Å². The molecule has 2 atom stereocenters. The second-order valence-corrected chi connectivity index (χ2v) is 10.9. The quantitative estimate of drug-likeness (QED) is 0.374. The van der Waals surface area contributed by atoms with Crippen molar-refractivity contribution in [2.75, 3.05) is 32.0 Å². The molecule has 0 bridgehead atoms. The maximum absolute atomic E-state index is 14.6. The zero-order chi connectivity index (χ0) is 28.5. The van der Waals surface area contributed by atoms with Crippen molar-refractivity contribution in [1.29, 1.82) is 0 Å². The monoisotopic (exact) mass is 547 g/mol. The van der Waals surface area contributed by atoms with Gasteiger partial charge in [-0.25, -0.2) is 8.91 Å². The highest BCUT2D eigenvalue weighted by molar-refractivity contribution is 5.95. The number of anilines is 1. The van der Waals surface area contributed by atoms with Gasteiger partial charge in [0.2, 0.25) is 0 Å². The lowest BCUT2D eigenvalue weighted by molar-refractivity contribution is -0.127. The number of nitrogens with zero attached hydrogens (tertiary/aromatic N) is 5. The van der Waals surface area contributed by atoms with E-state index in [2.05, 4.69) is 32.7 Å². The van der Waals surface area contributed by atoms with E-state index < -0.39 is 24.8 Å². The molecule has 0 radical (unpaired) electrons. The Morgan fingerprint density at radius 2 is 1.95 bits per heavy atom. The third-order valence-corrected chi connectivity index (χ3v) is 6.59. The van der Waals surface area contributed by atoms with E-state index in [0.717, 1.165) is 0 Å². The summed E-state index contributed by atoms with van der Waals surface area (Å²) in [7, 11) is 1.84. The maximum atomic E-state index is 14.6. The average molecular weight is 548 g/mol. The van der Waals surface area contributed by atoms with Crippen LogP contribution in [-0.2, 0) is 12.0 Å². The van der Waals surface area contributed by atoms with Crippen molar-refractivity contribution in [3.63, 3.8) is 0 Å². The number of carbonyl (C=O) groups is 1. The van der Waals surface area contributed by atoms with Crippen molar-refractivity contribution in [2.45, 2.75) is 64.5 Å². The van der Waals surface area contributed by atoms with E-state index in [1.807, 2.05) is 32.7 Å². The fraction of sp³-hybridized carbons (Fsp3) is 0.519. The van der Waals surface area contributed by atoms with E-state index in [1.165, 1.54) is 10.6 Å². The molecule has 210 valence electrons. The summed E-state index contributed by atoms with van der Waals surface area (Å²) in [6, 6.07) is 4.31. The number of nitrogens with one attached hydrogen (secondary N) is 2. The summed E-state index contributed by atoms with van der Waals surface area (Å²) in [6.07, 6.45) is -4.64. The molecule has 1 aliphatic rings. The molecule has 4 rings (SSSR count). The molecular formula is C27H33F4N7O. The van der Waals surface area contributed by atoms with Crippen LogP contribution >= 0.6 is 0 Å². The number of rotatable bonds is 5. The molecule has 1 amide bonds. The molecule has 12 heteroatoms. The van der Waals surface area contributed by atoms with E-state index in [9.17, 15) is 22.4 Å². The summed E-state index contributed by atoms with van der Waals surface area (Å²) in [6.45, 7) is 8.49. The fourth-order valence-corrected chi connectivity index (χ4v) is 4.49. The van der Waals surface area contributed by atoms with Crippen molar-refractivity contribution in [3.05, 3.63) is 46.9 Å². The Kier molecular flexibility index (Phi) is 7.93. The van der Waals surface area contributed by atoms with Crippen LogP contribution in [0.1, 0.15) is 54.5 Å². The highest BCUT2D eigenvalue weighted by Gasteiger charge is 2.32. The highest BCUT2D eigenvalue weighted by atomic mass is 19.4. The van der Waals surface area contributed by atoms with Crippen LogP contribution in [0.3, 0.4) is 0 Å². The predicted octanol–water partition coefficient (Wildman–Crippen LogP) is 3.93. The number of fused-ring (bicyclic) bond motifs is 1. The van der Waals surface area contributed by atoms with Crippen molar-refractivity contribution >= 4 is 17.2 Å². The number of amides is 1. The Labute approximate surface area is 224 Å². The molecule has 0 aliphatic carbocycles. The highest BCUT2D eigenvalue weighted by Crippen LogP contribution is 2.28. The van der Waals surface area contributed by atoms with Gasteiger partial charge in [-0.2, -0.15) is 23.4 Å². The van der Waals surface area contributed by atoms with Gasteiger partial charge in [-0.3, -0.25) is 9.48 Å². The van der Waals surface area contributed by atoms with E-state index in [1.54, 1.807) is 29.9 Å². The summed E-state index contributed by atoms with van der Waals surface area (Å²) in [5.74, 6) is 5.42. The summed E-state index contributed by atoms with van der Waals surface area (Å²) in [5.41, 5.74) is 0.767. The van der Waals surface area contributed by atoms with Crippen LogP contribution in [0.25, 0.3) is 5.52 Å². The third-order valence-electron chi connectivity index (χ3n) is 6.59. The van der Waals surface area contributed by atoms with Gasteiger partial charge in [-0.05, 0) is 59.2 Å². The Morgan fingerprint density at radius 1 is 1.21 bits per heavy atom. The third kappa shape index (κ3) is 6.71. The van der Waals surface area contributed by atoms with Gasteiger partial charge in [0.25, 0.3) is 5.91 Å². The summed E-state index contributed by atoms with van der Waals surface area (Å²) in [4.78, 5) is 14.5. The van der Waals surface area contributed by atoms with Crippen molar-refractivity contribution in [1.82, 2.24) is 29.6 Å². The largest absolute Gasteiger partial charge is 0.393 e. The normalized spacial score (nSPS) is 18.6. The molecule has 8 nitrogen and oxygen atoms in total. The molecule has 1 fully saturated rings. The van der Waals surface area contributed by atoms with Crippen LogP contribution in [0.2, 0.25) is 0 Å². The molecule has 1 aliphatic heterocycles. The smallest absolute Gasteiger partial charge is 0.364 e. The first-order valence-electron chi connectivity index (χ1n) is 12.7. The minimum Gasteiger partial charge on any atom is -0.364 e. The van der Waals surface area contributed by atoms with Gasteiger partial charge >= 0.3 is 6.18 Å². The molecular weight excluding hydrogens is 514 g/mol. The number of carbonyl (C=O) groups excluding carboxylic acids is 1. The standard InChI is InChI=1S/C27H33F4N7O/c1-17-19(15-37(34-17)26(2,3)4)25(39)32-12-7-8-21-18(14-27(29,30)31)23-9-6-10-24(38(23)35-21)33-22-11-13-36(5)16-20(22)28/h6,9-10,15,20,22,33H,11-14,16H2,1-5H3,(H,32,39)/t20-,22+/m0/s1.